The normalized spacial score (nSPS) is 13.3. The van der Waals surface area contributed by atoms with Crippen LogP contribution in [0.2, 0.25) is 5.02 Å². The molecule has 1 heterocycles. The molecule has 0 bridgehead atoms. The summed E-state index contributed by atoms with van der Waals surface area (Å²) in [6, 6.07) is 10.9. The van der Waals surface area contributed by atoms with Gasteiger partial charge in [0.1, 0.15) is 4.99 Å². The van der Waals surface area contributed by atoms with E-state index in [1.54, 1.807) is 25.3 Å². The molecule has 0 spiro atoms. The van der Waals surface area contributed by atoms with Crippen molar-refractivity contribution >= 4 is 40.4 Å². The Balaban J connectivity index is 1.62. The Kier molecular flexibility index (Phi) is 6.75. The molecule has 2 aromatic rings. The smallest absolute Gasteiger partial charge is 0.262 e. The molecule has 0 unspecified atom stereocenters. The van der Waals surface area contributed by atoms with Crippen LogP contribution < -0.4 is 14.8 Å². The summed E-state index contributed by atoms with van der Waals surface area (Å²) in [7, 11) is 1.57. The molecule has 148 valence electrons. The van der Waals surface area contributed by atoms with Gasteiger partial charge in [-0.15, -0.1) is 0 Å². The number of carbonyl (C=O) groups is 1. The third kappa shape index (κ3) is 4.94. The van der Waals surface area contributed by atoms with Crippen molar-refractivity contribution in [3.05, 3.63) is 52.5 Å². The molecule has 0 aliphatic carbocycles. The number of anilines is 1. The number of ether oxygens (including phenoxy) is 2. The van der Waals surface area contributed by atoms with E-state index in [4.69, 9.17) is 33.3 Å². The number of hydrogen-bond donors (Lipinski definition) is 1. The Morgan fingerprint density at radius 3 is 2.61 bits per heavy atom. The average molecular weight is 419 g/mol. The summed E-state index contributed by atoms with van der Waals surface area (Å²) in [6.07, 6.45) is 2.33. The zero-order valence-corrected chi connectivity index (χ0v) is 17.5. The van der Waals surface area contributed by atoms with Gasteiger partial charge in [-0.05, 0) is 55.7 Å². The minimum Gasteiger partial charge on any atom is -0.493 e. The zero-order valence-electron chi connectivity index (χ0n) is 16.0. The maximum absolute atomic E-state index is 12.2. The van der Waals surface area contributed by atoms with Gasteiger partial charge in [0.05, 0.1) is 7.11 Å². The molecule has 3 rings (SSSR count). The molecule has 5 nitrogen and oxygen atoms in total. The molecule has 7 heteroatoms. The van der Waals surface area contributed by atoms with Crippen LogP contribution in [-0.4, -0.2) is 42.6 Å². The third-order valence-corrected chi connectivity index (χ3v) is 5.52. The van der Waals surface area contributed by atoms with Crippen molar-refractivity contribution in [1.82, 2.24) is 4.90 Å². The monoisotopic (exact) mass is 418 g/mol. The third-order valence-electron chi connectivity index (χ3n) is 4.62. The fourth-order valence-electron chi connectivity index (χ4n) is 3.03. The van der Waals surface area contributed by atoms with E-state index >= 15 is 0 Å². The highest BCUT2D eigenvalue weighted by atomic mass is 35.5. The topological polar surface area (TPSA) is 50.8 Å². The van der Waals surface area contributed by atoms with Crippen molar-refractivity contribution in [2.45, 2.75) is 19.8 Å². The summed E-state index contributed by atoms with van der Waals surface area (Å²) in [6.45, 7) is 3.74. The zero-order chi connectivity index (χ0) is 20.1. The molecule has 1 aliphatic rings. The number of benzene rings is 2. The number of amides is 1. The molecule has 0 atom stereocenters. The lowest BCUT2D eigenvalue weighted by molar-refractivity contribution is -0.118. The van der Waals surface area contributed by atoms with Crippen molar-refractivity contribution in [3.8, 4) is 11.5 Å². The fourth-order valence-corrected chi connectivity index (χ4v) is 3.52. The van der Waals surface area contributed by atoms with E-state index in [1.807, 2.05) is 25.1 Å². The van der Waals surface area contributed by atoms with E-state index in [0.717, 1.165) is 29.2 Å². The summed E-state index contributed by atoms with van der Waals surface area (Å²) in [5.74, 6) is 0.761. The summed E-state index contributed by atoms with van der Waals surface area (Å²) in [5.41, 5.74) is 2.50. The first-order valence-electron chi connectivity index (χ1n) is 9.14. The quantitative estimate of drug-likeness (QED) is 0.702. The predicted molar refractivity (Wildman–Crippen MR) is 116 cm³/mol. The first kappa shape index (κ1) is 20.4. The van der Waals surface area contributed by atoms with Crippen LogP contribution in [0.4, 0.5) is 5.69 Å². The van der Waals surface area contributed by atoms with Crippen LogP contribution in [0.5, 0.6) is 11.5 Å². The minimum atomic E-state index is -0.279. The van der Waals surface area contributed by atoms with Crippen LogP contribution in [0.3, 0.4) is 0 Å². The molecule has 28 heavy (non-hydrogen) atoms. The molecular formula is C21H23ClN2O3S. The molecular weight excluding hydrogens is 396 g/mol. The molecule has 1 fully saturated rings. The number of halogens is 1. The van der Waals surface area contributed by atoms with E-state index in [-0.39, 0.29) is 12.5 Å². The lowest BCUT2D eigenvalue weighted by atomic mass is 10.2. The van der Waals surface area contributed by atoms with Gasteiger partial charge in [-0.1, -0.05) is 29.9 Å². The second-order valence-corrected chi connectivity index (χ2v) is 7.46. The van der Waals surface area contributed by atoms with E-state index in [0.29, 0.717) is 22.2 Å². The number of thiocarbonyl (C=S) groups is 1. The first-order valence-corrected chi connectivity index (χ1v) is 9.92. The van der Waals surface area contributed by atoms with Crippen LogP contribution >= 0.6 is 23.8 Å². The summed E-state index contributed by atoms with van der Waals surface area (Å²) in [5, 5.41) is 3.37. The van der Waals surface area contributed by atoms with Gasteiger partial charge in [0.2, 0.25) is 0 Å². The number of rotatable bonds is 6. The molecule has 1 N–H and O–H groups in total. The Bertz CT molecular complexity index is 882. The minimum absolute atomic E-state index is 0.141. The van der Waals surface area contributed by atoms with Crippen LogP contribution in [0.25, 0.3) is 0 Å². The number of aryl methyl sites for hydroxylation is 1. The van der Waals surface area contributed by atoms with Crippen molar-refractivity contribution in [1.29, 1.82) is 0 Å². The highest BCUT2D eigenvalue weighted by Gasteiger charge is 2.18. The maximum atomic E-state index is 12.2. The standard InChI is InChI=1S/C21H23ClN2O3S/c1-14-5-7-16(12-17(14)22)23-20(25)13-27-18-8-6-15(11-19(18)26-2)21(28)24-9-3-4-10-24/h5-8,11-12H,3-4,9-10,13H2,1-2H3,(H,23,25). The van der Waals surface area contributed by atoms with Gasteiger partial charge >= 0.3 is 0 Å². The Morgan fingerprint density at radius 2 is 1.93 bits per heavy atom. The largest absolute Gasteiger partial charge is 0.493 e. The molecule has 1 amide bonds. The van der Waals surface area contributed by atoms with Gasteiger partial charge in [0.15, 0.2) is 18.1 Å². The highest BCUT2D eigenvalue weighted by Crippen LogP contribution is 2.29. The van der Waals surface area contributed by atoms with Gasteiger partial charge in [-0.2, -0.15) is 0 Å². The van der Waals surface area contributed by atoms with E-state index in [1.165, 1.54) is 12.8 Å². The van der Waals surface area contributed by atoms with Gasteiger partial charge in [0, 0.05) is 29.4 Å². The average Bonchev–Trinajstić information content (AvgIpc) is 3.23. The highest BCUT2D eigenvalue weighted by molar-refractivity contribution is 7.80. The molecule has 1 saturated heterocycles. The lowest BCUT2D eigenvalue weighted by Gasteiger charge is -2.19. The van der Waals surface area contributed by atoms with Crippen molar-refractivity contribution in [3.63, 3.8) is 0 Å². The van der Waals surface area contributed by atoms with Gasteiger partial charge < -0.3 is 19.7 Å². The van der Waals surface area contributed by atoms with E-state index in [2.05, 4.69) is 10.2 Å². The number of methoxy groups -OCH3 is 1. The maximum Gasteiger partial charge on any atom is 0.262 e. The summed E-state index contributed by atoms with van der Waals surface area (Å²) >= 11 is 11.7. The van der Waals surface area contributed by atoms with Crippen LogP contribution in [0.15, 0.2) is 36.4 Å². The summed E-state index contributed by atoms with van der Waals surface area (Å²) in [4.78, 5) is 15.2. The lowest BCUT2D eigenvalue weighted by Crippen LogP contribution is -2.26. The van der Waals surface area contributed by atoms with Crippen molar-refractivity contribution in [2.24, 2.45) is 0 Å². The van der Waals surface area contributed by atoms with Gasteiger partial charge in [0.25, 0.3) is 5.91 Å². The van der Waals surface area contributed by atoms with E-state index < -0.39 is 0 Å². The Hall–Kier alpha value is -2.31. The predicted octanol–water partition coefficient (Wildman–Crippen LogP) is 4.45. The molecule has 0 radical (unpaired) electrons. The van der Waals surface area contributed by atoms with Crippen molar-refractivity contribution in [2.75, 3.05) is 32.1 Å². The second-order valence-electron chi connectivity index (χ2n) is 6.67. The van der Waals surface area contributed by atoms with E-state index in [9.17, 15) is 4.79 Å². The van der Waals surface area contributed by atoms with Gasteiger partial charge in [-0.25, -0.2) is 0 Å². The molecule has 1 aliphatic heterocycles. The molecule has 0 aromatic heterocycles. The molecule has 0 saturated carbocycles. The number of nitrogens with one attached hydrogen (secondary N) is 1. The van der Waals surface area contributed by atoms with Crippen LogP contribution in [-0.2, 0) is 4.79 Å². The number of hydrogen-bond acceptors (Lipinski definition) is 4. The Labute approximate surface area is 175 Å². The fraction of sp³-hybridized carbons (Fsp3) is 0.333. The molecule has 2 aromatic carbocycles. The van der Waals surface area contributed by atoms with Crippen LogP contribution in [0, 0.1) is 6.92 Å². The first-order chi connectivity index (χ1) is 13.5. The van der Waals surface area contributed by atoms with Crippen molar-refractivity contribution < 1.29 is 14.3 Å². The Morgan fingerprint density at radius 1 is 1.18 bits per heavy atom. The number of nitrogens with zero attached hydrogens (tertiary/aromatic N) is 1. The summed E-state index contributed by atoms with van der Waals surface area (Å²) < 4.78 is 11.1. The SMILES string of the molecule is COc1cc(C(=S)N2CCCC2)ccc1OCC(=O)Nc1ccc(C)c(Cl)c1. The van der Waals surface area contributed by atoms with Crippen LogP contribution in [0.1, 0.15) is 24.0 Å². The number of carbonyl (C=O) groups excluding carboxylic acids is 1. The second kappa shape index (κ2) is 9.26. The number of likely N-dealkylation sites (tertiary alicyclic amines) is 1. The van der Waals surface area contributed by atoms with Gasteiger partial charge in [-0.3, -0.25) is 4.79 Å².